The number of nitrogens with one attached hydrogen (secondary N) is 1. The summed E-state index contributed by atoms with van der Waals surface area (Å²) in [6.45, 7) is 5.08. The fourth-order valence-electron chi connectivity index (χ4n) is 7.81. The third-order valence-corrected chi connectivity index (χ3v) is 11.5. The Bertz CT molecular complexity index is 2510. The lowest BCUT2D eigenvalue weighted by molar-refractivity contribution is -0.169. The fourth-order valence-corrected chi connectivity index (χ4v) is 8.17. The number of benzene rings is 4. The average Bonchev–Trinajstić information content (AvgIpc) is 3.74. The van der Waals surface area contributed by atoms with Gasteiger partial charge in [-0.3, -0.25) is 4.90 Å². The second kappa shape index (κ2) is 18.5. The summed E-state index contributed by atoms with van der Waals surface area (Å²) in [6.07, 6.45) is 4.11. The number of phenols is 1. The van der Waals surface area contributed by atoms with E-state index in [1.54, 1.807) is 30.6 Å². The normalized spacial score (nSPS) is 17.3. The monoisotopic (exact) mass is 903 g/mol. The SMILES string of the molecule is Cc1cnc(N(c2ccc(Br)c(OCCO)c2)C2COCCOc3cc(ccc3N3CCC4(CC3)OCCO4)Nc3nccc(n3)-c3cccc(c3)O2)nc1-c1cccc(O)c1. The molecule has 3 N–H and O–H groups in total. The lowest BCUT2D eigenvalue weighted by Gasteiger charge is -2.39. The van der Waals surface area contributed by atoms with E-state index in [2.05, 4.69) is 37.2 Å². The standard InChI is InChI=1S/C46H46BrN7O8/c1-30-28-49-45(52-43(30)32-5-2-6-35(56)24-32)54(34-9-10-37(47)40(27-34)58-19-18-55)42-29-57-20-21-59-41-26-33(8-11-39(41)53-16-13-46(14-17-53)60-22-23-61-46)50-44-48-15-12-38(51-44)31-4-3-7-36(25-31)62-42/h2-12,15,24-28,42,55-56H,13-14,16-23,29H2,1H3,(H,48,50,51). The number of rotatable bonds is 8. The second-order valence-electron chi connectivity index (χ2n) is 15.0. The maximum absolute atomic E-state index is 10.4. The van der Waals surface area contributed by atoms with Gasteiger partial charge in [0, 0.05) is 67.3 Å². The van der Waals surface area contributed by atoms with Crippen molar-refractivity contribution in [2.75, 3.05) is 74.5 Å². The number of hydrogen-bond acceptors (Lipinski definition) is 15. The molecular weight excluding hydrogens is 858 g/mol. The van der Waals surface area contributed by atoms with Crippen molar-refractivity contribution in [3.05, 3.63) is 113 Å². The Hall–Kier alpha value is -6.04. The zero-order valence-electron chi connectivity index (χ0n) is 34.1. The number of halogens is 1. The van der Waals surface area contributed by atoms with Gasteiger partial charge in [-0.1, -0.05) is 24.3 Å². The minimum atomic E-state index is -0.852. The Morgan fingerprint density at radius 2 is 1.74 bits per heavy atom. The average molecular weight is 905 g/mol. The van der Waals surface area contributed by atoms with E-state index in [1.165, 1.54) is 0 Å². The van der Waals surface area contributed by atoms with Crippen LogP contribution in [0.5, 0.6) is 23.0 Å². The Kier molecular flexibility index (Phi) is 12.3. The number of piperidine rings is 1. The van der Waals surface area contributed by atoms with E-state index >= 15 is 0 Å². The van der Waals surface area contributed by atoms with E-state index in [0.717, 1.165) is 54.0 Å². The van der Waals surface area contributed by atoms with Crippen molar-refractivity contribution >= 4 is 44.9 Å². The van der Waals surface area contributed by atoms with Crippen LogP contribution in [0, 0.1) is 6.92 Å². The molecule has 15 nitrogen and oxygen atoms in total. The summed E-state index contributed by atoms with van der Waals surface area (Å²) in [5, 5.41) is 23.4. The number of aromatic hydroxyl groups is 1. The number of aryl methyl sites for hydroxylation is 1. The molecule has 1 unspecified atom stereocenters. The van der Waals surface area contributed by atoms with Crippen LogP contribution >= 0.6 is 15.9 Å². The smallest absolute Gasteiger partial charge is 0.233 e. The van der Waals surface area contributed by atoms with Gasteiger partial charge in [-0.15, -0.1) is 0 Å². The third kappa shape index (κ3) is 9.24. The van der Waals surface area contributed by atoms with Crippen molar-refractivity contribution in [2.45, 2.75) is 31.8 Å². The molecule has 5 heterocycles. The number of ether oxygens (including phenoxy) is 6. The molecule has 1 spiro atoms. The van der Waals surface area contributed by atoms with E-state index < -0.39 is 12.0 Å². The van der Waals surface area contributed by atoms with Gasteiger partial charge in [-0.05, 0) is 83.0 Å². The third-order valence-electron chi connectivity index (χ3n) is 10.8. The van der Waals surface area contributed by atoms with Gasteiger partial charge in [0.05, 0.1) is 53.7 Å². The maximum Gasteiger partial charge on any atom is 0.233 e. The van der Waals surface area contributed by atoms with Crippen LogP contribution in [0.3, 0.4) is 0 Å². The molecule has 2 saturated heterocycles. The highest BCUT2D eigenvalue weighted by Crippen LogP contribution is 2.40. The predicted octanol–water partition coefficient (Wildman–Crippen LogP) is 7.79. The van der Waals surface area contributed by atoms with Gasteiger partial charge < -0.3 is 48.9 Å². The van der Waals surface area contributed by atoms with Crippen molar-refractivity contribution < 1.29 is 38.6 Å². The molecule has 6 bridgehead atoms. The van der Waals surface area contributed by atoms with E-state index in [-0.39, 0.29) is 38.8 Å². The van der Waals surface area contributed by atoms with Gasteiger partial charge in [0.25, 0.3) is 0 Å². The number of anilines is 5. The molecule has 62 heavy (non-hydrogen) atoms. The summed E-state index contributed by atoms with van der Waals surface area (Å²) >= 11 is 3.60. The van der Waals surface area contributed by atoms with Crippen molar-refractivity contribution in [3.63, 3.8) is 0 Å². The van der Waals surface area contributed by atoms with Crippen LogP contribution in [0.4, 0.5) is 29.0 Å². The molecule has 0 radical (unpaired) electrons. The number of nitrogens with zero attached hydrogens (tertiary/aromatic N) is 6. The van der Waals surface area contributed by atoms with Crippen LogP contribution in [-0.4, -0.2) is 102 Å². The van der Waals surface area contributed by atoms with Crippen LogP contribution in [0.1, 0.15) is 18.4 Å². The molecule has 1 atom stereocenters. The molecular formula is C46H46BrN7O8. The van der Waals surface area contributed by atoms with Gasteiger partial charge in [-0.2, -0.15) is 0 Å². The lowest BCUT2D eigenvalue weighted by atomic mass is 10.0. The molecule has 6 aromatic rings. The minimum Gasteiger partial charge on any atom is -0.508 e. The fraction of sp³-hybridized carbons (Fsp3) is 0.304. The highest BCUT2D eigenvalue weighted by atomic mass is 79.9. The molecule has 4 aromatic carbocycles. The Morgan fingerprint density at radius 3 is 2.58 bits per heavy atom. The van der Waals surface area contributed by atoms with Crippen LogP contribution < -0.4 is 29.3 Å². The summed E-state index contributed by atoms with van der Waals surface area (Å²) in [6, 6.07) is 28.1. The first kappa shape index (κ1) is 41.3. The molecule has 320 valence electrons. The van der Waals surface area contributed by atoms with Crippen molar-refractivity contribution in [1.82, 2.24) is 19.9 Å². The highest BCUT2D eigenvalue weighted by Gasteiger charge is 2.40. The second-order valence-corrected chi connectivity index (χ2v) is 15.9. The van der Waals surface area contributed by atoms with Crippen molar-refractivity contribution in [2.24, 2.45) is 0 Å². The van der Waals surface area contributed by atoms with Crippen LogP contribution in [-0.2, 0) is 14.2 Å². The first-order valence-corrected chi connectivity index (χ1v) is 21.3. The van der Waals surface area contributed by atoms with E-state index in [4.69, 9.17) is 43.4 Å². The van der Waals surface area contributed by atoms with Crippen LogP contribution in [0.2, 0.25) is 0 Å². The number of phenolic OH excluding ortho intramolecular Hbond substituents is 1. The predicted molar refractivity (Wildman–Crippen MR) is 237 cm³/mol. The minimum absolute atomic E-state index is 0.0511. The van der Waals surface area contributed by atoms with Crippen molar-refractivity contribution in [3.8, 4) is 45.5 Å². The van der Waals surface area contributed by atoms with Gasteiger partial charge in [0.15, 0.2) is 5.79 Å². The number of aliphatic hydroxyl groups excluding tert-OH is 1. The van der Waals surface area contributed by atoms with Gasteiger partial charge >= 0.3 is 0 Å². The molecule has 0 amide bonds. The summed E-state index contributed by atoms with van der Waals surface area (Å²) in [7, 11) is 0. The van der Waals surface area contributed by atoms with Crippen LogP contribution in [0.15, 0.2) is 108 Å². The first-order valence-electron chi connectivity index (χ1n) is 20.5. The van der Waals surface area contributed by atoms with Gasteiger partial charge in [0.2, 0.25) is 18.1 Å². The molecule has 2 fully saturated rings. The molecule has 3 aliphatic heterocycles. The molecule has 3 aliphatic rings. The largest absolute Gasteiger partial charge is 0.508 e. The Morgan fingerprint density at radius 1 is 0.903 bits per heavy atom. The molecule has 16 heteroatoms. The Balaban J connectivity index is 1.09. The summed E-state index contributed by atoms with van der Waals surface area (Å²) in [4.78, 5) is 23.5. The van der Waals surface area contributed by atoms with E-state index in [1.807, 2.05) is 78.6 Å². The molecule has 0 saturated carbocycles. The number of hydrogen-bond donors (Lipinski definition) is 3. The number of fused-ring (bicyclic) bond motifs is 7. The quantitative estimate of drug-likeness (QED) is 0.135. The van der Waals surface area contributed by atoms with E-state index in [0.29, 0.717) is 63.9 Å². The van der Waals surface area contributed by atoms with Gasteiger partial charge in [0.1, 0.15) is 42.8 Å². The molecule has 0 aliphatic carbocycles. The first-order chi connectivity index (χ1) is 30.3. The zero-order chi connectivity index (χ0) is 42.5. The van der Waals surface area contributed by atoms with Gasteiger partial charge in [-0.25, -0.2) is 19.9 Å². The number of aliphatic hydroxyl groups is 1. The number of aromatic nitrogens is 4. The summed E-state index contributed by atoms with van der Waals surface area (Å²) < 4.78 is 38.5. The summed E-state index contributed by atoms with van der Waals surface area (Å²) in [5.41, 5.74) is 6.00. The molecule has 9 rings (SSSR count). The summed E-state index contributed by atoms with van der Waals surface area (Å²) in [5.74, 6) is 2.06. The molecule has 2 aromatic heterocycles. The topological polar surface area (TPSA) is 166 Å². The Labute approximate surface area is 367 Å². The van der Waals surface area contributed by atoms with E-state index in [9.17, 15) is 10.2 Å². The maximum atomic E-state index is 10.4. The van der Waals surface area contributed by atoms with Crippen molar-refractivity contribution in [1.29, 1.82) is 0 Å². The zero-order valence-corrected chi connectivity index (χ0v) is 35.7. The van der Waals surface area contributed by atoms with Crippen LogP contribution in [0.25, 0.3) is 22.5 Å². The highest BCUT2D eigenvalue weighted by molar-refractivity contribution is 9.10. The lowest BCUT2D eigenvalue weighted by Crippen LogP contribution is -2.45.